The summed E-state index contributed by atoms with van der Waals surface area (Å²) in [6.07, 6.45) is 2.37. The summed E-state index contributed by atoms with van der Waals surface area (Å²) in [7, 11) is 1.63. The van der Waals surface area contributed by atoms with E-state index in [1.165, 1.54) is 0 Å². The van der Waals surface area contributed by atoms with Gasteiger partial charge in [-0.05, 0) is 51.0 Å². The Morgan fingerprint density at radius 1 is 1.12 bits per heavy atom. The van der Waals surface area contributed by atoms with E-state index in [-0.39, 0.29) is 11.8 Å². The van der Waals surface area contributed by atoms with Crippen LogP contribution >= 0.6 is 0 Å². The van der Waals surface area contributed by atoms with E-state index in [1.807, 2.05) is 45.0 Å². The van der Waals surface area contributed by atoms with Gasteiger partial charge in [-0.15, -0.1) is 0 Å². The van der Waals surface area contributed by atoms with Crippen molar-refractivity contribution in [1.29, 1.82) is 0 Å². The first-order valence-electron chi connectivity index (χ1n) is 10.9. The molecule has 1 aliphatic rings. The second-order valence-electron chi connectivity index (χ2n) is 8.13. The minimum atomic E-state index is -0.156. The van der Waals surface area contributed by atoms with Crippen LogP contribution in [-0.2, 0) is 4.79 Å². The molecule has 1 aromatic carbocycles. The number of methoxy groups -OCH3 is 1. The molecule has 0 unspecified atom stereocenters. The van der Waals surface area contributed by atoms with Gasteiger partial charge in [0.05, 0.1) is 19.4 Å². The van der Waals surface area contributed by atoms with Gasteiger partial charge in [-0.3, -0.25) is 4.79 Å². The Balaban J connectivity index is 1.76. The lowest BCUT2D eigenvalue weighted by molar-refractivity contribution is -0.116. The second-order valence-corrected chi connectivity index (χ2v) is 8.13. The van der Waals surface area contributed by atoms with Gasteiger partial charge in [-0.25, -0.2) is 9.97 Å². The molecule has 4 rings (SSSR count). The smallest absolute Gasteiger partial charge is 0.252 e. The number of nitrogens with one attached hydrogen (secondary N) is 1. The third-order valence-corrected chi connectivity index (χ3v) is 5.61. The molecule has 1 N–H and O–H groups in total. The van der Waals surface area contributed by atoms with E-state index < -0.39 is 0 Å². The van der Waals surface area contributed by atoms with Gasteiger partial charge in [0.1, 0.15) is 5.82 Å². The highest BCUT2D eigenvalue weighted by Gasteiger charge is 2.33. The Morgan fingerprint density at radius 3 is 2.56 bits per heavy atom. The van der Waals surface area contributed by atoms with Crippen molar-refractivity contribution in [3.8, 4) is 17.4 Å². The van der Waals surface area contributed by atoms with Gasteiger partial charge in [-0.2, -0.15) is 9.78 Å². The first-order valence-corrected chi connectivity index (χ1v) is 10.9. The molecule has 0 radical (unpaired) electrons. The van der Waals surface area contributed by atoms with Gasteiger partial charge in [-0.1, -0.05) is 19.4 Å². The number of rotatable bonds is 7. The lowest BCUT2D eigenvalue weighted by Crippen LogP contribution is -2.25. The number of aromatic nitrogens is 4. The number of anilines is 1. The molecule has 3 aromatic rings. The fraction of sp³-hybridized carbons (Fsp3) is 0.417. The number of aryl methyl sites for hydroxylation is 3. The van der Waals surface area contributed by atoms with Crippen LogP contribution in [0.5, 0.6) is 11.5 Å². The molecule has 8 heteroatoms. The summed E-state index contributed by atoms with van der Waals surface area (Å²) < 4.78 is 13.1. The van der Waals surface area contributed by atoms with Gasteiger partial charge >= 0.3 is 0 Å². The number of carbonyl (C=O) groups excluding carboxylic acids is 1. The number of carbonyl (C=O) groups is 1. The van der Waals surface area contributed by atoms with E-state index in [0.717, 1.165) is 41.1 Å². The van der Waals surface area contributed by atoms with Crippen LogP contribution in [0.15, 0.2) is 24.3 Å². The maximum Gasteiger partial charge on any atom is 0.252 e. The molecule has 8 nitrogen and oxygen atoms in total. The Kier molecular flexibility index (Phi) is 6.12. The maximum absolute atomic E-state index is 12.7. The summed E-state index contributed by atoms with van der Waals surface area (Å²) in [4.78, 5) is 21.7. The molecule has 0 saturated carbocycles. The monoisotopic (exact) mass is 435 g/mol. The Labute approximate surface area is 188 Å². The van der Waals surface area contributed by atoms with Crippen molar-refractivity contribution in [3.63, 3.8) is 0 Å². The van der Waals surface area contributed by atoms with Crippen molar-refractivity contribution in [3.05, 3.63) is 52.5 Å². The molecule has 0 saturated heterocycles. The van der Waals surface area contributed by atoms with Crippen LogP contribution in [0.3, 0.4) is 0 Å². The SMILES string of the molecule is CCCCOc1ccc([C@@H]2CC(=O)Nc3c2c(C)nn3-c2nc(C)cc(C)n2)cc1OC. The number of benzene rings is 1. The summed E-state index contributed by atoms with van der Waals surface area (Å²) in [5.74, 6) is 2.21. The summed E-state index contributed by atoms with van der Waals surface area (Å²) in [5.41, 5.74) is 4.46. The molecule has 0 spiro atoms. The molecular weight excluding hydrogens is 406 g/mol. The topological polar surface area (TPSA) is 91.2 Å². The van der Waals surface area contributed by atoms with Crippen molar-refractivity contribution < 1.29 is 14.3 Å². The third-order valence-electron chi connectivity index (χ3n) is 5.61. The molecule has 1 aliphatic heterocycles. The van der Waals surface area contributed by atoms with Gasteiger partial charge < -0.3 is 14.8 Å². The lowest BCUT2D eigenvalue weighted by Gasteiger charge is -2.25. The molecule has 0 aliphatic carbocycles. The van der Waals surface area contributed by atoms with E-state index >= 15 is 0 Å². The van der Waals surface area contributed by atoms with Crippen molar-refractivity contribution in [1.82, 2.24) is 19.7 Å². The van der Waals surface area contributed by atoms with Crippen molar-refractivity contribution in [2.24, 2.45) is 0 Å². The number of fused-ring (bicyclic) bond motifs is 1. The van der Waals surface area contributed by atoms with E-state index in [9.17, 15) is 4.79 Å². The Hall–Kier alpha value is -3.42. The van der Waals surface area contributed by atoms with E-state index in [2.05, 4.69) is 27.3 Å². The van der Waals surface area contributed by atoms with Crippen LogP contribution in [-0.4, -0.2) is 39.4 Å². The van der Waals surface area contributed by atoms with Crippen LogP contribution in [0.25, 0.3) is 5.95 Å². The molecule has 1 atom stereocenters. The Morgan fingerprint density at radius 2 is 1.88 bits per heavy atom. The molecule has 168 valence electrons. The second kappa shape index (κ2) is 8.98. The van der Waals surface area contributed by atoms with Crippen LogP contribution in [0.4, 0.5) is 5.82 Å². The minimum Gasteiger partial charge on any atom is -0.493 e. The number of hydrogen-bond donors (Lipinski definition) is 1. The molecule has 32 heavy (non-hydrogen) atoms. The summed E-state index contributed by atoms with van der Waals surface area (Å²) >= 11 is 0. The quantitative estimate of drug-likeness (QED) is 0.558. The van der Waals surface area contributed by atoms with Gasteiger partial charge in [0.15, 0.2) is 11.5 Å². The van der Waals surface area contributed by atoms with Crippen molar-refractivity contribution in [2.45, 2.75) is 52.9 Å². The number of amides is 1. The predicted molar refractivity (Wildman–Crippen MR) is 122 cm³/mol. The summed E-state index contributed by atoms with van der Waals surface area (Å²) in [6.45, 7) is 8.55. The van der Waals surface area contributed by atoms with Gasteiger partial charge in [0.25, 0.3) is 5.95 Å². The standard InChI is InChI=1S/C24H29N5O3/c1-6-7-10-32-19-9-8-17(12-20(19)31-5)18-13-21(30)27-23-22(18)16(4)28-29(23)24-25-14(2)11-15(3)26-24/h8-9,11-12,18H,6-7,10,13H2,1-5H3,(H,27,30)/t18-/m0/s1. The summed E-state index contributed by atoms with van der Waals surface area (Å²) in [6, 6.07) is 7.78. The highest BCUT2D eigenvalue weighted by Crippen LogP contribution is 2.42. The zero-order chi connectivity index (χ0) is 22.8. The van der Waals surface area contributed by atoms with E-state index in [1.54, 1.807) is 11.8 Å². The van der Waals surface area contributed by atoms with Crippen molar-refractivity contribution >= 4 is 11.7 Å². The summed E-state index contributed by atoms with van der Waals surface area (Å²) in [5, 5.41) is 7.67. The van der Waals surface area contributed by atoms with Crippen molar-refractivity contribution in [2.75, 3.05) is 19.0 Å². The third kappa shape index (κ3) is 4.17. The average Bonchev–Trinajstić information content (AvgIpc) is 3.09. The molecule has 0 bridgehead atoms. The van der Waals surface area contributed by atoms with Crippen LogP contribution < -0.4 is 14.8 Å². The zero-order valence-corrected chi connectivity index (χ0v) is 19.2. The number of unbranched alkanes of at least 4 members (excludes halogenated alkanes) is 1. The zero-order valence-electron chi connectivity index (χ0n) is 19.2. The highest BCUT2D eigenvalue weighted by molar-refractivity contribution is 5.95. The normalized spacial score (nSPS) is 15.3. The molecule has 0 fully saturated rings. The van der Waals surface area contributed by atoms with Crippen LogP contribution in [0, 0.1) is 20.8 Å². The fourth-order valence-corrected chi connectivity index (χ4v) is 4.13. The molecular formula is C24H29N5O3. The van der Waals surface area contributed by atoms with Gasteiger partial charge in [0, 0.05) is 29.3 Å². The largest absolute Gasteiger partial charge is 0.493 e. The van der Waals surface area contributed by atoms with Crippen LogP contribution in [0.1, 0.15) is 60.3 Å². The average molecular weight is 436 g/mol. The number of hydrogen-bond acceptors (Lipinski definition) is 6. The fourth-order valence-electron chi connectivity index (χ4n) is 4.13. The lowest BCUT2D eigenvalue weighted by atomic mass is 9.85. The first kappa shape index (κ1) is 21.8. The van der Waals surface area contributed by atoms with E-state index in [4.69, 9.17) is 9.47 Å². The number of nitrogens with zero attached hydrogens (tertiary/aromatic N) is 4. The first-order chi connectivity index (χ1) is 15.4. The van der Waals surface area contributed by atoms with Gasteiger partial charge in [0.2, 0.25) is 5.91 Å². The molecule has 2 aromatic heterocycles. The van der Waals surface area contributed by atoms with Crippen LogP contribution in [0.2, 0.25) is 0 Å². The minimum absolute atomic E-state index is 0.0738. The maximum atomic E-state index is 12.7. The van der Waals surface area contributed by atoms with E-state index in [0.29, 0.717) is 36.3 Å². The number of ether oxygens (including phenoxy) is 2. The predicted octanol–water partition coefficient (Wildman–Crippen LogP) is 4.25. The molecule has 3 heterocycles. The molecule has 1 amide bonds. The Bertz CT molecular complexity index is 1130. The highest BCUT2D eigenvalue weighted by atomic mass is 16.5.